The van der Waals surface area contributed by atoms with Gasteiger partial charge in [-0.2, -0.15) is 0 Å². The van der Waals surface area contributed by atoms with Crippen molar-refractivity contribution in [3.63, 3.8) is 0 Å². The zero-order chi connectivity index (χ0) is 16.4. The third-order valence-corrected chi connectivity index (χ3v) is 4.44. The van der Waals surface area contributed by atoms with Crippen LogP contribution in [0.25, 0.3) is 0 Å². The van der Waals surface area contributed by atoms with E-state index in [0.29, 0.717) is 0 Å². The van der Waals surface area contributed by atoms with E-state index in [2.05, 4.69) is 5.32 Å². The van der Waals surface area contributed by atoms with Gasteiger partial charge in [0, 0.05) is 5.54 Å². The van der Waals surface area contributed by atoms with Crippen LogP contribution in [0.4, 0.5) is 0 Å². The maximum atomic E-state index is 12.3. The van der Waals surface area contributed by atoms with Crippen molar-refractivity contribution in [3.05, 3.63) is 29.3 Å². The van der Waals surface area contributed by atoms with Crippen LogP contribution in [0.15, 0.2) is 23.1 Å². The number of sulfone groups is 1. The lowest BCUT2D eigenvalue weighted by Crippen LogP contribution is -2.43. The Balaban J connectivity index is 3.13. The van der Waals surface area contributed by atoms with Crippen LogP contribution < -0.4 is 5.32 Å². The van der Waals surface area contributed by atoms with Gasteiger partial charge in [-0.1, -0.05) is 6.07 Å². The van der Waals surface area contributed by atoms with Gasteiger partial charge in [-0.15, -0.1) is 0 Å². The Hall–Kier alpha value is -1.89. The fraction of sp³-hybridized carbons (Fsp3) is 0.429. The average Bonchev–Trinajstić information content (AvgIpc) is 2.24. The zero-order valence-corrected chi connectivity index (χ0v) is 13.2. The Bertz CT molecular complexity index is 671. The van der Waals surface area contributed by atoms with Crippen molar-refractivity contribution in [3.8, 4) is 0 Å². The van der Waals surface area contributed by atoms with E-state index < -0.39 is 33.0 Å². The fourth-order valence-corrected chi connectivity index (χ4v) is 3.32. The van der Waals surface area contributed by atoms with E-state index in [-0.39, 0.29) is 16.0 Å². The molecule has 2 N–H and O–H groups in total. The number of hydrogen-bond donors (Lipinski definition) is 2. The molecule has 0 heterocycles. The predicted octanol–water partition coefficient (Wildman–Crippen LogP) is 1.38. The highest BCUT2D eigenvalue weighted by Gasteiger charge is 2.25. The van der Waals surface area contributed by atoms with Gasteiger partial charge in [0.15, 0.2) is 9.84 Å². The average molecular weight is 313 g/mol. The summed E-state index contributed by atoms with van der Waals surface area (Å²) in [6.07, 6.45) is 0. The standard InChI is InChI=1S/C14H19NO5S/c1-9-10(13(17)18)6-5-7-11(9)21(19,20)8-12(16)15-14(2,3)4/h5-7H,8H2,1-4H3,(H,15,16)(H,17,18). The van der Waals surface area contributed by atoms with Crippen molar-refractivity contribution in [2.24, 2.45) is 0 Å². The van der Waals surface area contributed by atoms with Gasteiger partial charge < -0.3 is 10.4 Å². The molecule has 21 heavy (non-hydrogen) atoms. The van der Waals surface area contributed by atoms with E-state index in [9.17, 15) is 18.0 Å². The van der Waals surface area contributed by atoms with E-state index in [1.165, 1.54) is 25.1 Å². The third-order valence-electron chi connectivity index (χ3n) is 2.69. The number of carboxylic acid groups (broad SMARTS) is 1. The van der Waals surface area contributed by atoms with Crippen LogP contribution in [0.1, 0.15) is 36.7 Å². The molecule has 116 valence electrons. The topological polar surface area (TPSA) is 101 Å². The van der Waals surface area contributed by atoms with Gasteiger partial charge >= 0.3 is 5.97 Å². The van der Waals surface area contributed by atoms with Crippen LogP contribution in [0, 0.1) is 6.92 Å². The number of nitrogens with one attached hydrogen (secondary N) is 1. The number of aromatic carboxylic acids is 1. The van der Waals surface area contributed by atoms with Crippen LogP contribution in [0.3, 0.4) is 0 Å². The normalized spacial score (nSPS) is 12.0. The monoisotopic (exact) mass is 313 g/mol. The SMILES string of the molecule is Cc1c(C(=O)O)cccc1S(=O)(=O)CC(=O)NC(C)(C)C. The lowest BCUT2D eigenvalue weighted by atomic mass is 10.1. The molecular weight excluding hydrogens is 294 g/mol. The Morgan fingerprint density at radius 3 is 2.29 bits per heavy atom. The van der Waals surface area contributed by atoms with E-state index in [1.54, 1.807) is 20.8 Å². The van der Waals surface area contributed by atoms with Gasteiger partial charge in [0.1, 0.15) is 5.75 Å². The molecule has 7 heteroatoms. The minimum Gasteiger partial charge on any atom is -0.478 e. The van der Waals surface area contributed by atoms with Gasteiger partial charge in [-0.05, 0) is 45.4 Å². The minimum atomic E-state index is -3.89. The Morgan fingerprint density at radius 1 is 1.24 bits per heavy atom. The minimum absolute atomic E-state index is 0.0905. The molecule has 1 aromatic rings. The van der Waals surface area contributed by atoms with Gasteiger partial charge in [-0.3, -0.25) is 4.79 Å². The Labute approximate surface area is 124 Å². The molecule has 1 amide bonds. The molecule has 0 aliphatic heterocycles. The molecular formula is C14H19NO5S. The maximum absolute atomic E-state index is 12.3. The molecule has 1 rings (SSSR count). The molecule has 0 atom stereocenters. The number of carboxylic acids is 1. The summed E-state index contributed by atoms with van der Waals surface area (Å²) in [4.78, 5) is 22.7. The maximum Gasteiger partial charge on any atom is 0.335 e. The second-order valence-electron chi connectivity index (χ2n) is 5.79. The molecule has 0 unspecified atom stereocenters. The van der Waals surface area contributed by atoms with Crippen molar-refractivity contribution in [1.82, 2.24) is 5.32 Å². The number of benzene rings is 1. The van der Waals surface area contributed by atoms with Crippen molar-refractivity contribution >= 4 is 21.7 Å². The first kappa shape index (κ1) is 17.2. The first-order valence-electron chi connectivity index (χ1n) is 6.31. The predicted molar refractivity (Wildman–Crippen MR) is 78.1 cm³/mol. The number of hydrogen-bond acceptors (Lipinski definition) is 4. The first-order chi connectivity index (χ1) is 9.44. The first-order valence-corrected chi connectivity index (χ1v) is 7.96. The highest BCUT2D eigenvalue weighted by Crippen LogP contribution is 2.20. The van der Waals surface area contributed by atoms with Crippen LogP contribution in [-0.4, -0.2) is 36.7 Å². The van der Waals surface area contributed by atoms with E-state index >= 15 is 0 Å². The van der Waals surface area contributed by atoms with Gasteiger partial charge in [0.25, 0.3) is 0 Å². The zero-order valence-electron chi connectivity index (χ0n) is 12.4. The van der Waals surface area contributed by atoms with Crippen molar-refractivity contribution in [1.29, 1.82) is 0 Å². The molecule has 1 aromatic carbocycles. The summed E-state index contributed by atoms with van der Waals surface area (Å²) in [5.41, 5.74) is -0.495. The second-order valence-corrected chi connectivity index (χ2v) is 7.75. The number of carbonyl (C=O) groups is 2. The van der Waals surface area contributed by atoms with E-state index in [1.807, 2.05) is 0 Å². The van der Waals surface area contributed by atoms with E-state index in [0.717, 1.165) is 0 Å². The Morgan fingerprint density at radius 2 is 1.81 bits per heavy atom. The summed E-state index contributed by atoms with van der Waals surface area (Å²) < 4.78 is 24.5. The van der Waals surface area contributed by atoms with Crippen LogP contribution in [0.2, 0.25) is 0 Å². The summed E-state index contributed by atoms with van der Waals surface area (Å²) in [6.45, 7) is 6.65. The highest BCUT2D eigenvalue weighted by atomic mass is 32.2. The lowest BCUT2D eigenvalue weighted by molar-refractivity contribution is -0.120. The van der Waals surface area contributed by atoms with Gasteiger partial charge in [0.2, 0.25) is 5.91 Å². The molecule has 0 aliphatic carbocycles. The molecule has 0 aromatic heterocycles. The quantitative estimate of drug-likeness (QED) is 0.874. The number of carbonyl (C=O) groups excluding carboxylic acids is 1. The van der Waals surface area contributed by atoms with Crippen LogP contribution in [0.5, 0.6) is 0 Å². The smallest absolute Gasteiger partial charge is 0.335 e. The summed E-state index contributed by atoms with van der Waals surface area (Å²) in [7, 11) is -3.89. The largest absolute Gasteiger partial charge is 0.478 e. The summed E-state index contributed by atoms with van der Waals surface area (Å²) >= 11 is 0. The lowest BCUT2D eigenvalue weighted by Gasteiger charge is -2.20. The molecule has 6 nitrogen and oxygen atoms in total. The summed E-state index contributed by atoms with van der Waals surface area (Å²) in [6, 6.07) is 3.98. The van der Waals surface area contributed by atoms with Crippen molar-refractivity contribution in [2.75, 3.05) is 5.75 Å². The molecule has 0 fully saturated rings. The highest BCUT2D eigenvalue weighted by molar-refractivity contribution is 7.92. The number of amides is 1. The summed E-state index contributed by atoms with van der Waals surface area (Å²) in [5, 5.41) is 11.6. The Kier molecular flexibility index (Phi) is 4.78. The molecule has 0 bridgehead atoms. The molecule has 0 saturated carbocycles. The van der Waals surface area contributed by atoms with Crippen molar-refractivity contribution in [2.45, 2.75) is 38.1 Å². The molecule has 0 spiro atoms. The van der Waals surface area contributed by atoms with Gasteiger partial charge in [-0.25, -0.2) is 13.2 Å². The molecule has 0 aliphatic rings. The van der Waals surface area contributed by atoms with Crippen molar-refractivity contribution < 1.29 is 23.1 Å². The van der Waals surface area contributed by atoms with Gasteiger partial charge in [0.05, 0.1) is 10.5 Å². The van der Waals surface area contributed by atoms with Crippen LogP contribution >= 0.6 is 0 Å². The fourth-order valence-electron chi connectivity index (χ4n) is 1.89. The molecule has 0 radical (unpaired) electrons. The third kappa shape index (κ3) is 4.56. The summed E-state index contributed by atoms with van der Waals surface area (Å²) in [5.74, 6) is -2.54. The van der Waals surface area contributed by atoms with E-state index in [4.69, 9.17) is 5.11 Å². The number of rotatable bonds is 4. The van der Waals surface area contributed by atoms with Crippen LogP contribution in [-0.2, 0) is 14.6 Å². The second kappa shape index (κ2) is 5.85. The molecule has 0 saturated heterocycles.